The lowest BCUT2D eigenvalue weighted by atomic mass is 10.0. The molecule has 0 bridgehead atoms. The van der Waals surface area contributed by atoms with Gasteiger partial charge >= 0.3 is 0 Å². The molecular weight excluding hydrogens is 329 g/mol. The highest BCUT2D eigenvalue weighted by Crippen LogP contribution is 2.14. The molecule has 0 saturated heterocycles. The van der Waals surface area contributed by atoms with Crippen LogP contribution < -0.4 is 10.6 Å². The number of sulfone groups is 1. The Morgan fingerprint density at radius 1 is 1.21 bits per heavy atom. The van der Waals surface area contributed by atoms with E-state index in [9.17, 15) is 12.8 Å². The summed E-state index contributed by atoms with van der Waals surface area (Å²) < 4.78 is 36.6. The zero-order chi connectivity index (χ0) is 18.2. The Labute approximate surface area is 144 Å². The van der Waals surface area contributed by atoms with Crippen molar-refractivity contribution in [2.24, 2.45) is 10.9 Å². The summed E-state index contributed by atoms with van der Waals surface area (Å²) in [4.78, 5) is 4.15. The second-order valence-corrected chi connectivity index (χ2v) is 8.11. The highest BCUT2D eigenvalue weighted by Gasteiger charge is 2.11. The maximum absolute atomic E-state index is 13.5. The van der Waals surface area contributed by atoms with Crippen LogP contribution in [0.2, 0.25) is 0 Å². The molecule has 0 saturated carbocycles. The minimum Gasteiger partial charge on any atom is -0.356 e. The number of nitrogens with zero attached hydrogens (tertiary/aromatic N) is 1. The fourth-order valence-corrected chi connectivity index (χ4v) is 3.25. The topological polar surface area (TPSA) is 70.6 Å². The van der Waals surface area contributed by atoms with E-state index >= 15 is 0 Å². The van der Waals surface area contributed by atoms with Crippen molar-refractivity contribution in [1.82, 2.24) is 10.6 Å². The first kappa shape index (κ1) is 20.4. The van der Waals surface area contributed by atoms with Crippen molar-refractivity contribution >= 4 is 15.8 Å². The Hall–Kier alpha value is -1.63. The molecule has 0 aliphatic rings. The summed E-state index contributed by atoms with van der Waals surface area (Å²) >= 11 is 0. The average Bonchev–Trinajstić information content (AvgIpc) is 2.52. The summed E-state index contributed by atoms with van der Waals surface area (Å²) in [5, 5.41) is 6.37. The first-order valence-electron chi connectivity index (χ1n) is 8.18. The second-order valence-electron chi connectivity index (χ2n) is 5.97. The van der Waals surface area contributed by atoms with Crippen molar-refractivity contribution in [3.8, 4) is 0 Å². The van der Waals surface area contributed by atoms with Crippen molar-refractivity contribution in [2.45, 2.75) is 39.0 Å². The van der Waals surface area contributed by atoms with Gasteiger partial charge in [0.15, 0.2) is 15.8 Å². The Balaban J connectivity index is 2.76. The van der Waals surface area contributed by atoms with Crippen LogP contribution in [-0.2, 0) is 22.1 Å². The Bertz CT molecular complexity index is 656. The van der Waals surface area contributed by atoms with Gasteiger partial charge in [-0.1, -0.05) is 32.8 Å². The lowest BCUT2D eigenvalue weighted by molar-refractivity contribution is 0.481. The summed E-state index contributed by atoms with van der Waals surface area (Å²) in [6.07, 6.45) is 3.34. The lowest BCUT2D eigenvalue weighted by Gasteiger charge is -2.17. The third-order valence-electron chi connectivity index (χ3n) is 3.97. The molecule has 5 nitrogen and oxygen atoms in total. The predicted octanol–water partition coefficient (Wildman–Crippen LogP) is 2.47. The van der Waals surface area contributed by atoms with Gasteiger partial charge in [-0.2, -0.15) is 0 Å². The van der Waals surface area contributed by atoms with Crippen LogP contribution in [0.25, 0.3) is 0 Å². The third kappa shape index (κ3) is 7.29. The van der Waals surface area contributed by atoms with E-state index < -0.39 is 9.84 Å². The molecule has 0 heterocycles. The molecule has 2 N–H and O–H groups in total. The van der Waals surface area contributed by atoms with Gasteiger partial charge in [0, 0.05) is 26.4 Å². The van der Waals surface area contributed by atoms with Crippen LogP contribution in [0.15, 0.2) is 23.2 Å². The minimum atomic E-state index is -3.18. The largest absolute Gasteiger partial charge is 0.356 e. The van der Waals surface area contributed by atoms with Crippen LogP contribution in [0.3, 0.4) is 0 Å². The molecule has 0 unspecified atom stereocenters. The highest BCUT2D eigenvalue weighted by molar-refractivity contribution is 7.89. The number of hydrogen-bond donors (Lipinski definition) is 2. The normalized spacial score (nSPS) is 12.5. The Morgan fingerprint density at radius 2 is 1.88 bits per heavy atom. The van der Waals surface area contributed by atoms with Gasteiger partial charge in [-0.15, -0.1) is 0 Å². The van der Waals surface area contributed by atoms with Gasteiger partial charge in [-0.05, 0) is 29.2 Å². The zero-order valence-electron chi connectivity index (χ0n) is 14.9. The quantitative estimate of drug-likeness (QED) is 0.554. The molecule has 0 aromatic heterocycles. The summed E-state index contributed by atoms with van der Waals surface area (Å²) in [6.45, 7) is 5.42. The van der Waals surface area contributed by atoms with Gasteiger partial charge in [-0.25, -0.2) is 12.8 Å². The van der Waals surface area contributed by atoms with Gasteiger partial charge in [0.2, 0.25) is 0 Å². The number of rotatable bonds is 8. The molecule has 0 aliphatic heterocycles. The molecule has 0 aliphatic carbocycles. The fraction of sp³-hybridized carbons (Fsp3) is 0.588. The fourth-order valence-electron chi connectivity index (χ4n) is 2.40. The van der Waals surface area contributed by atoms with E-state index in [0.29, 0.717) is 29.5 Å². The Kier molecular flexibility index (Phi) is 8.18. The van der Waals surface area contributed by atoms with Crippen molar-refractivity contribution in [2.75, 3.05) is 19.8 Å². The number of halogens is 1. The van der Waals surface area contributed by atoms with E-state index in [4.69, 9.17) is 0 Å². The highest BCUT2D eigenvalue weighted by atomic mass is 32.2. The van der Waals surface area contributed by atoms with E-state index in [0.717, 1.165) is 19.4 Å². The van der Waals surface area contributed by atoms with E-state index in [2.05, 4.69) is 29.5 Å². The smallest absolute Gasteiger partial charge is 0.191 e. The molecule has 0 amide bonds. The number of nitrogens with one attached hydrogen (secondary N) is 2. The molecule has 0 radical (unpaired) electrons. The van der Waals surface area contributed by atoms with Gasteiger partial charge in [0.05, 0.1) is 5.75 Å². The van der Waals surface area contributed by atoms with Crippen LogP contribution in [-0.4, -0.2) is 34.2 Å². The maximum Gasteiger partial charge on any atom is 0.191 e. The van der Waals surface area contributed by atoms with Crippen LogP contribution in [0.5, 0.6) is 0 Å². The molecule has 24 heavy (non-hydrogen) atoms. The number of guanidine groups is 1. The minimum absolute atomic E-state index is 0.107. The molecule has 1 aromatic carbocycles. The molecule has 1 aromatic rings. The molecule has 7 heteroatoms. The van der Waals surface area contributed by atoms with Crippen LogP contribution in [0.4, 0.5) is 4.39 Å². The van der Waals surface area contributed by atoms with Crippen LogP contribution >= 0.6 is 0 Å². The summed E-state index contributed by atoms with van der Waals surface area (Å²) in [7, 11) is -1.51. The van der Waals surface area contributed by atoms with E-state index in [1.54, 1.807) is 7.05 Å². The average molecular weight is 357 g/mol. The van der Waals surface area contributed by atoms with Crippen molar-refractivity contribution < 1.29 is 12.8 Å². The first-order valence-corrected chi connectivity index (χ1v) is 10.2. The zero-order valence-corrected chi connectivity index (χ0v) is 15.7. The van der Waals surface area contributed by atoms with Crippen LogP contribution in [0.1, 0.15) is 37.8 Å². The van der Waals surface area contributed by atoms with E-state index in [1.807, 2.05) is 0 Å². The number of benzene rings is 1. The van der Waals surface area contributed by atoms with Gasteiger partial charge < -0.3 is 10.6 Å². The lowest BCUT2D eigenvalue weighted by Crippen LogP contribution is -2.39. The summed E-state index contributed by atoms with van der Waals surface area (Å²) in [6, 6.07) is 4.17. The molecule has 1 rings (SSSR count). The third-order valence-corrected chi connectivity index (χ3v) is 4.80. The van der Waals surface area contributed by atoms with E-state index in [1.165, 1.54) is 24.5 Å². The molecule has 0 atom stereocenters. The number of hydrogen-bond acceptors (Lipinski definition) is 3. The van der Waals surface area contributed by atoms with Crippen LogP contribution in [0, 0.1) is 11.7 Å². The van der Waals surface area contributed by atoms with E-state index in [-0.39, 0.29) is 11.6 Å². The predicted molar refractivity (Wildman–Crippen MR) is 97.2 cm³/mol. The molecule has 0 spiro atoms. The molecule has 136 valence electrons. The van der Waals surface area contributed by atoms with Gasteiger partial charge in [0.25, 0.3) is 0 Å². The monoisotopic (exact) mass is 357 g/mol. The SMILES string of the molecule is CCC(CC)CNC(=NC)NCc1cc(F)ccc1CS(C)(=O)=O. The van der Waals surface area contributed by atoms with Crippen molar-refractivity contribution in [3.05, 3.63) is 35.1 Å². The molecule has 0 fully saturated rings. The van der Waals surface area contributed by atoms with Crippen molar-refractivity contribution in [1.29, 1.82) is 0 Å². The van der Waals surface area contributed by atoms with Gasteiger partial charge in [-0.3, -0.25) is 4.99 Å². The van der Waals surface area contributed by atoms with Gasteiger partial charge in [0.1, 0.15) is 5.82 Å². The second kappa shape index (κ2) is 9.61. The summed E-state index contributed by atoms with van der Waals surface area (Å²) in [5.74, 6) is 0.698. The summed E-state index contributed by atoms with van der Waals surface area (Å²) in [5.41, 5.74) is 1.22. The first-order chi connectivity index (χ1) is 11.3. The van der Waals surface area contributed by atoms with Crippen molar-refractivity contribution in [3.63, 3.8) is 0 Å². The Morgan fingerprint density at radius 3 is 2.42 bits per heavy atom. The molecular formula is C17H28FN3O2S. The maximum atomic E-state index is 13.5. The standard InChI is InChI=1S/C17H28FN3O2S/c1-5-13(6-2)10-20-17(19-3)21-11-15-9-16(18)8-7-14(15)12-24(4,22)23/h7-9,13H,5-6,10-12H2,1-4H3,(H2,19,20,21). The number of aliphatic imine (C=N–C) groups is 1.